The number of hydrogen-bond acceptors (Lipinski definition) is 1. The van der Waals surface area contributed by atoms with Gasteiger partial charge in [0.15, 0.2) is 0 Å². The van der Waals surface area contributed by atoms with Crippen LogP contribution >= 0.6 is 0 Å². The highest BCUT2D eigenvalue weighted by atomic mass is 15.0. The number of aryl methyl sites for hydroxylation is 1. The zero-order valence-electron chi connectivity index (χ0n) is 6.25. The summed E-state index contributed by atoms with van der Waals surface area (Å²) in [5.74, 6) is 2.18. The summed E-state index contributed by atoms with van der Waals surface area (Å²) < 4.78 is 2.11. The number of hydrogen-bond donors (Lipinski definition) is 0. The molecule has 1 aliphatic carbocycles. The first-order valence-corrected chi connectivity index (χ1v) is 3.82. The fourth-order valence-corrected chi connectivity index (χ4v) is 1.17. The van der Waals surface area contributed by atoms with Gasteiger partial charge in [-0.25, -0.2) is 4.98 Å². The van der Waals surface area contributed by atoms with Gasteiger partial charge in [-0.05, 0) is 18.8 Å². The third kappa shape index (κ3) is 1.06. The normalized spacial score (nSPS) is 17.7. The Labute approximate surface area is 60.9 Å². The maximum atomic E-state index is 4.26. The van der Waals surface area contributed by atoms with Gasteiger partial charge in [0.25, 0.3) is 0 Å². The molecule has 1 fully saturated rings. The Morgan fingerprint density at radius 2 is 2.50 bits per heavy atom. The quantitative estimate of drug-likeness (QED) is 0.600. The van der Waals surface area contributed by atoms with Gasteiger partial charge in [0.05, 0.1) is 0 Å². The van der Waals surface area contributed by atoms with Crippen LogP contribution in [0.2, 0.25) is 0 Å². The van der Waals surface area contributed by atoms with Crippen molar-refractivity contribution in [2.45, 2.75) is 19.3 Å². The van der Waals surface area contributed by atoms with Crippen LogP contribution in [0.4, 0.5) is 0 Å². The van der Waals surface area contributed by atoms with Crippen LogP contribution in [-0.4, -0.2) is 9.55 Å². The van der Waals surface area contributed by atoms with Gasteiger partial charge in [0.2, 0.25) is 0 Å². The molecule has 0 spiro atoms. The lowest BCUT2D eigenvalue weighted by Gasteiger charge is -1.97. The molecule has 0 N–H and O–H groups in total. The van der Waals surface area contributed by atoms with E-state index < -0.39 is 0 Å². The van der Waals surface area contributed by atoms with E-state index in [2.05, 4.69) is 16.6 Å². The van der Waals surface area contributed by atoms with E-state index in [1.165, 1.54) is 25.1 Å². The van der Waals surface area contributed by atoms with Crippen LogP contribution in [0.25, 0.3) is 0 Å². The Bertz CT molecular complexity index is 223. The predicted octanol–water partition coefficient (Wildman–Crippen LogP) is 1.37. The summed E-state index contributed by atoms with van der Waals surface area (Å²) in [7, 11) is 2.06. The minimum absolute atomic E-state index is 0.945. The number of aromatic nitrogens is 2. The minimum atomic E-state index is 0.945. The van der Waals surface area contributed by atoms with Crippen molar-refractivity contribution in [2.75, 3.05) is 0 Å². The van der Waals surface area contributed by atoms with Gasteiger partial charge in [-0.3, -0.25) is 0 Å². The Hall–Kier alpha value is -0.790. The summed E-state index contributed by atoms with van der Waals surface area (Å²) in [4.78, 5) is 4.26. The van der Waals surface area contributed by atoms with E-state index in [4.69, 9.17) is 0 Å². The van der Waals surface area contributed by atoms with E-state index in [1.54, 1.807) is 0 Å². The Morgan fingerprint density at radius 3 is 3.00 bits per heavy atom. The zero-order valence-corrected chi connectivity index (χ0v) is 6.25. The van der Waals surface area contributed by atoms with Gasteiger partial charge in [0.1, 0.15) is 5.82 Å². The summed E-state index contributed by atoms with van der Waals surface area (Å²) in [6, 6.07) is 0. The van der Waals surface area contributed by atoms with Crippen molar-refractivity contribution in [1.82, 2.24) is 9.55 Å². The summed E-state index contributed by atoms with van der Waals surface area (Å²) >= 11 is 0. The first kappa shape index (κ1) is 5.96. The van der Waals surface area contributed by atoms with E-state index >= 15 is 0 Å². The molecule has 0 radical (unpaired) electrons. The van der Waals surface area contributed by atoms with Crippen LogP contribution < -0.4 is 0 Å². The van der Waals surface area contributed by atoms with Crippen LogP contribution in [0, 0.1) is 5.92 Å². The summed E-state index contributed by atoms with van der Waals surface area (Å²) in [5, 5.41) is 0. The number of nitrogens with zero attached hydrogens (tertiary/aromatic N) is 2. The van der Waals surface area contributed by atoms with E-state index in [0.29, 0.717) is 0 Å². The SMILES string of the molecule is Cn1ccnc1CC1CC1. The molecule has 0 unspecified atom stereocenters. The highest BCUT2D eigenvalue weighted by molar-refractivity contribution is 4.95. The fraction of sp³-hybridized carbons (Fsp3) is 0.625. The van der Waals surface area contributed by atoms with Gasteiger partial charge in [0, 0.05) is 25.9 Å². The molecule has 0 aromatic carbocycles. The summed E-state index contributed by atoms with van der Waals surface area (Å²) in [6.07, 6.45) is 7.89. The monoisotopic (exact) mass is 136 g/mol. The molecule has 1 aromatic rings. The second-order valence-electron chi connectivity index (χ2n) is 3.10. The largest absolute Gasteiger partial charge is 0.338 e. The molecule has 54 valence electrons. The highest BCUT2D eigenvalue weighted by Gasteiger charge is 2.22. The van der Waals surface area contributed by atoms with Crippen molar-refractivity contribution in [3.05, 3.63) is 18.2 Å². The Balaban J connectivity index is 2.08. The molecule has 1 heterocycles. The fourth-order valence-electron chi connectivity index (χ4n) is 1.17. The van der Waals surface area contributed by atoms with Gasteiger partial charge >= 0.3 is 0 Å². The van der Waals surface area contributed by atoms with Crippen molar-refractivity contribution in [2.24, 2.45) is 13.0 Å². The minimum Gasteiger partial charge on any atom is -0.338 e. The Morgan fingerprint density at radius 1 is 1.70 bits per heavy atom. The molecule has 2 rings (SSSR count). The van der Waals surface area contributed by atoms with Crippen LogP contribution in [0.5, 0.6) is 0 Å². The molecular weight excluding hydrogens is 124 g/mol. The van der Waals surface area contributed by atoms with E-state index in [0.717, 1.165) is 5.92 Å². The summed E-state index contributed by atoms with van der Waals surface area (Å²) in [6.45, 7) is 0. The molecule has 0 saturated heterocycles. The average molecular weight is 136 g/mol. The second-order valence-corrected chi connectivity index (χ2v) is 3.10. The average Bonchev–Trinajstić information content (AvgIpc) is 2.62. The van der Waals surface area contributed by atoms with E-state index in [-0.39, 0.29) is 0 Å². The number of rotatable bonds is 2. The molecule has 0 bridgehead atoms. The molecule has 10 heavy (non-hydrogen) atoms. The van der Waals surface area contributed by atoms with Gasteiger partial charge < -0.3 is 4.57 Å². The second kappa shape index (κ2) is 2.11. The molecule has 1 aromatic heterocycles. The molecule has 0 aliphatic heterocycles. The van der Waals surface area contributed by atoms with Crippen LogP contribution in [-0.2, 0) is 13.5 Å². The smallest absolute Gasteiger partial charge is 0.108 e. The topological polar surface area (TPSA) is 17.8 Å². The van der Waals surface area contributed by atoms with Gasteiger partial charge in [-0.1, -0.05) is 0 Å². The third-order valence-corrected chi connectivity index (χ3v) is 2.09. The Kier molecular flexibility index (Phi) is 1.26. The zero-order chi connectivity index (χ0) is 6.97. The predicted molar refractivity (Wildman–Crippen MR) is 39.6 cm³/mol. The van der Waals surface area contributed by atoms with Gasteiger partial charge in [-0.15, -0.1) is 0 Å². The van der Waals surface area contributed by atoms with E-state index in [9.17, 15) is 0 Å². The van der Waals surface area contributed by atoms with Crippen molar-refractivity contribution in [3.8, 4) is 0 Å². The van der Waals surface area contributed by atoms with Crippen molar-refractivity contribution in [1.29, 1.82) is 0 Å². The first-order valence-electron chi connectivity index (χ1n) is 3.82. The maximum absolute atomic E-state index is 4.26. The standard InChI is InChI=1S/C8H12N2/c1-10-5-4-9-8(10)6-7-2-3-7/h4-5,7H,2-3,6H2,1H3. The van der Waals surface area contributed by atoms with Crippen molar-refractivity contribution in [3.63, 3.8) is 0 Å². The van der Waals surface area contributed by atoms with Crippen LogP contribution in [0.15, 0.2) is 12.4 Å². The highest BCUT2D eigenvalue weighted by Crippen LogP contribution is 2.31. The molecule has 1 saturated carbocycles. The lowest BCUT2D eigenvalue weighted by atomic mass is 10.3. The molecule has 2 heteroatoms. The lowest BCUT2D eigenvalue weighted by Crippen LogP contribution is -1.97. The van der Waals surface area contributed by atoms with Crippen molar-refractivity contribution < 1.29 is 0 Å². The third-order valence-electron chi connectivity index (χ3n) is 2.09. The van der Waals surface area contributed by atoms with Crippen LogP contribution in [0.1, 0.15) is 18.7 Å². The first-order chi connectivity index (χ1) is 4.86. The van der Waals surface area contributed by atoms with Crippen LogP contribution in [0.3, 0.4) is 0 Å². The maximum Gasteiger partial charge on any atom is 0.108 e. The molecule has 1 aliphatic rings. The molecule has 0 amide bonds. The molecule has 0 atom stereocenters. The van der Waals surface area contributed by atoms with Crippen molar-refractivity contribution >= 4 is 0 Å². The van der Waals surface area contributed by atoms with E-state index in [1.807, 2.05) is 12.4 Å². The molecule has 2 nitrogen and oxygen atoms in total. The lowest BCUT2D eigenvalue weighted by molar-refractivity contribution is 0.717. The summed E-state index contributed by atoms with van der Waals surface area (Å²) in [5.41, 5.74) is 0. The van der Waals surface area contributed by atoms with Gasteiger partial charge in [-0.2, -0.15) is 0 Å². The molecular formula is C8H12N2. The number of imidazole rings is 1.